The van der Waals surface area contributed by atoms with Crippen molar-refractivity contribution in [1.82, 2.24) is 0 Å². The van der Waals surface area contributed by atoms with Gasteiger partial charge in [0.2, 0.25) is 0 Å². The van der Waals surface area contributed by atoms with E-state index in [0.717, 1.165) is 0 Å². The second-order valence-electron chi connectivity index (χ2n) is 3.93. The van der Waals surface area contributed by atoms with Crippen molar-refractivity contribution >= 4 is 6.29 Å². The zero-order valence-corrected chi connectivity index (χ0v) is 10.7. The molecule has 0 heterocycles. The number of ether oxygens (including phenoxy) is 2. The Bertz CT molecular complexity index is 605. The lowest BCUT2D eigenvalue weighted by atomic mass is 10.0. The summed E-state index contributed by atoms with van der Waals surface area (Å²) in [4.78, 5) is 11.0. The van der Waals surface area contributed by atoms with Gasteiger partial charge in [0, 0.05) is 11.1 Å². The molecule has 0 radical (unpaired) electrons. The lowest BCUT2D eigenvalue weighted by molar-refractivity contribution is 0.112. The molecule has 0 aromatic heterocycles. The Morgan fingerprint density at radius 3 is 2.42 bits per heavy atom. The van der Waals surface area contributed by atoms with Crippen LogP contribution in [0.15, 0.2) is 36.4 Å². The van der Waals surface area contributed by atoms with Gasteiger partial charge in [-0.25, -0.2) is 0 Å². The highest BCUT2D eigenvalue weighted by atomic mass is 16.5. The SMILES string of the molecule is COc1cc(C=O)c(O)c(-c2ccccc2OC)c1. The number of aromatic hydroxyl groups is 1. The van der Waals surface area contributed by atoms with Gasteiger partial charge in [-0.1, -0.05) is 18.2 Å². The van der Waals surface area contributed by atoms with Gasteiger partial charge in [0.05, 0.1) is 19.8 Å². The fourth-order valence-electron chi connectivity index (χ4n) is 1.91. The maximum absolute atomic E-state index is 11.0. The van der Waals surface area contributed by atoms with Crippen molar-refractivity contribution in [3.8, 4) is 28.4 Å². The highest BCUT2D eigenvalue weighted by Crippen LogP contribution is 2.39. The monoisotopic (exact) mass is 258 g/mol. The van der Waals surface area contributed by atoms with E-state index >= 15 is 0 Å². The van der Waals surface area contributed by atoms with Crippen LogP contribution in [-0.2, 0) is 0 Å². The van der Waals surface area contributed by atoms with Gasteiger partial charge in [-0.3, -0.25) is 4.79 Å². The van der Waals surface area contributed by atoms with Gasteiger partial charge in [-0.15, -0.1) is 0 Å². The second kappa shape index (κ2) is 5.44. The standard InChI is InChI=1S/C15H14O4/c1-18-11-7-10(9-16)15(17)13(8-11)12-5-3-4-6-14(12)19-2/h3-9,17H,1-2H3. The Labute approximate surface area is 111 Å². The molecule has 0 fully saturated rings. The number of para-hydroxylation sites is 1. The van der Waals surface area contributed by atoms with E-state index in [0.29, 0.717) is 28.9 Å². The number of phenolic OH excluding ortho intramolecular Hbond substituents is 1. The molecular weight excluding hydrogens is 244 g/mol. The first-order valence-electron chi connectivity index (χ1n) is 5.70. The third-order valence-electron chi connectivity index (χ3n) is 2.87. The summed E-state index contributed by atoms with van der Waals surface area (Å²) < 4.78 is 10.4. The Morgan fingerprint density at radius 1 is 1.05 bits per heavy atom. The number of benzene rings is 2. The smallest absolute Gasteiger partial charge is 0.153 e. The Balaban J connectivity index is 2.70. The van der Waals surface area contributed by atoms with Crippen molar-refractivity contribution < 1.29 is 19.4 Å². The van der Waals surface area contributed by atoms with Crippen LogP contribution in [0.4, 0.5) is 0 Å². The molecule has 0 unspecified atom stereocenters. The first-order valence-corrected chi connectivity index (χ1v) is 5.70. The molecule has 1 N–H and O–H groups in total. The van der Waals surface area contributed by atoms with Gasteiger partial charge in [0.25, 0.3) is 0 Å². The molecule has 0 aliphatic rings. The molecule has 98 valence electrons. The third kappa shape index (κ3) is 2.38. The quantitative estimate of drug-likeness (QED) is 0.857. The van der Waals surface area contributed by atoms with Crippen molar-refractivity contribution in [3.05, 3.63) is 42.0 Å². The number of phenols is 1. The largest absolute Gasteiger partial charge is 0.507 e. The molecule has 4 nitrogen and oxygen atoms in total. The molecule has 2 rings (SSSR count). The van der Waals surface area contributed by atoms with Gasteiger partial charge >= 0.3 is 0 Å². The molecule has 0 spiro atoms. The van der Waals surface area contributed by atoms with Crippen LogP contribution in [0.25, 0.3) is 11.1 Å². The van der Waals surface area contributed by atoms with E-state index in [1.165, 1.54) is 13.2 Å². The summed E-state index contributed by atoms with van der Waals surface area (Å²) in [5.41, 5.74) is 1.38. The predicted octanol–water partition coefficient (Wildman–Crippen LogP) is 2.89. The fraction of sp³-hybridized carbons (Fsp3) is 0.133. The average Bonchev–Trinajstić information content (AvgIpc) is 2.47. The molecule has 2 aromatic carbocycles. The van der Waals surface area contributed by atoms with E-state index in [9.17, 15) is 9.90 Å². The molecule has 0 amide bonds. The molecule has 0 atom stereocenters. The van der Waals surface area contributed by atoms with Crippen LogP contribution in [0, 0.1) is 0 Å². The number of hydrogen-bond acceptors (Lipinski definition) is 4. The van der Waals surface area contributed by atoms with Crippen molar-refractivity contribution in [2.24, 2.45) is 0 Å². The van der Waals surface area contributed by atoms with Crippen molar-refractivity contribution in [1.29, 1.82) is 0 Å². The zero-order chi connectivity index (χ0) is 13.8. The van der Waals surface area contributed by atoms with Crippen LogP contribution in [-0.4, -0.2) is 25.6 Å². The fourth-order valence-corrected chi connectivity index (χ4v) is 1.91. The first kappa shape index (κ1) is 13.0. The Morgan fingerprint density at radius 2 is 1.79 bits per heavy atom. The Hall–Kier alpha value is -2.49. The molecular formula is C15H14O4. The van der Waals surface area contributed by atoms with Crippen LogP contribution < -0.4 is 9.47 Å². The second-order valence-corrected chi connectivity index (χ2v) is 3.93. The zero-order valence-electron chi connectivity index (χ0n) is 10.7. The van der Waals surface area contributed by atoms with Crippen molar-refractivity contribution in [2.45, 2.75) is 0 Å². The lowest BCUT2D eigenvalue weighted by Crippen LogP contribution is -1.93. The van der Waals surface area contributed by atoms with Crippen LogP contribution >= 0.6 is 0 Å². The maximum atomic E-state index is 11.0. The van der Waals surface area contributed by atoms with Crippen LogP contribution in [0.2, 0.25) is 0 Å². The summed E-state index contributed by atoms with van der Waals surface area (Å²) >= 11 is 0. The topological polar surface area (TPSA) is 55.8 Å². The van der Waals surface area contributed by atoms with E-state index in [1.807, 2.05) is 18.2 Å². The minimum absolute atomic E-state index is 0.0831. The molecule has 0 aliphatic heterocycles. The molecule has 4 heteroatoms. The molecule has 0 saturated heterocycles. The number of hydrogen-bond donors (Lipinski definition) is 1. The summed E-state index contributed by atoms with van der Waals surface area (Å²) in [5, 5.41) is 10.1. The molecule has 0 aliphatic carbocycles. The van der Waals surface area contributed by atoms with E-state index in [4.69, 9.17) is 9.47 Å². The van der Waals surface area contributed by atoms with E-state index in [2.05, 4.69) is 0 Å². The van der Waals surface area contributed by atoms with Crippen LogP contribution in [0.3, 0.4) is 0 Å². The van der Waals surface area contributed by atoms with Gasteiger partial charge in [0.15, 0.2) is 6.29 Å². The average molecular weight is 258 g/mol. The number of methoxy groups -OCH3 is 2. The summed E-state index contributed by atoms with van der Waals surface area (Å²) in [6, 6.07) is 10.4. The lowest BCUT2D eigenvalue weighted by Gasteiger charge is -2.12. The minimum Gasteiger partial charge on any atom is -0.507 e. The summed E-state index contributed by atoms with van der Waals surface area (Å²) in [6.07, 6.45) is 0.594. The van der Waals surface area contributed by atoms with E-state index in [1.54, 1.807) is 19.2 Å². The maximum Gasteiger partial charge on any atom is 0.153 e. The van der Waals surface area contributed by atoms with Gasteiger partial charge in [-0.2, -0.15) is 0 Å². The van der Waals surface area contributed by atoms with Crippen LogP contribution in [0.1, 0.15) is 10.4 Å². The molecule has 0 saturated carbocycles. The van der Waals surface area contributed by atoms with Crippen LogP contribution in [0.5, 0.6) is 17.2 Å². The normalized spacial score (nSPS) is 10.0. The van der Waals surface area contributed by atoms with Crippen molar-refractivity contribution in [2.75, 3.05) is 14.2 Å². The van der Waals surface area contributed by atoms with Gasteiger partial charge < -0.3 is 14.6 Å². The predicted molar refractivity (Wildman–Crippen MR) is 72.0 cm³/mol. The number of rotatable bonds is 4. The number of carbonyl (C=O) groups is 1. The van der Waals surface area contributed by atoms with Gasteiger partial charge in [0.1, 0.15) is 17.2 Å². The number of carbonyl (C=O) groups excluding carboxylic acids is 1. The number of aldehydes is 1. The molecule has 0 bridgehead atoms. The highest BCUT2D eigenvalue weighted by Gasteiger charge is 2.14. The summed E-state index contributed by atoms with van der Waals surface area (Å²) in [7, 11) is 3.06. The van der Waals surface area contributed by atoms with Crippen molar-refractivity contribution in [3.63, 3.8) is 0 Å². The third-order valence-corrected chi connectivity index (χ3v) is 2.87. The molecule has 19 heavy (non-hydrogen) atoms. The van der Waals surface area contributed by atoms with E-state index in [-0.39, 0.29) is 11.3 Å². The van der Waals surface area contributed by atoms with Gasteiger partial charge in [-0.05, 0) is 18.2 Å². The van der Waals surface area contributed by atoms with E-state index < -0.39 is 0 Å². The summed E-state index contributed by atoms with van der Waals surface area (Å²) in [6.45, 7) is 0. The molecule has 2 aromatic rings. The Kier molecular flexibility index (Phi) is 3.71. The highest BCUT2D eigenvalue weighted by molar-refractivity contribution is 5.88. The summed E-state index contributed by atoms with van der Waals surface area (Å²) in [5.74, 6) is 1.03. The minimum atomic E-state index is -0.0831. The first-order chi connectivity index (χ1) is 9.21.